The van der Waals surface area contributed by atoms with E-state index in [-0.39, 0.29) is 11.8 Å². The Morgan fingerprint density at radius 1 is 0.875 bits per heavy atom. The Bertz CT molecular complexity index is 990. The number of hydrogen-bond acceptors (Lipinski definition) is 3. The molecule has 0 saturated carbocycles. The molecule has 0 atom stereocenters. The van der Waals surface area contributed by atoms with Gasteiger partial charge in [-0.15, -0.1) is 0 Å². The predicted molar refractivity (Wildman–Crippen MR) is 92.8 cm³/mol. The number of ether oxygens (including phenoxy) is 1. The van der Waals surface area contributed by atoms with Gasteiger partial charge in [-0.3, -0.25) is 9.59 Å². The highest BCUT2D eigenvalue weighted by Gasteiger charge is 2.34. The molecule has 4 rings (SSSR count). The zero-order valence-corrected chi connectivity index (χ0v) is 13.4. The lowest BCUT2D eigenvalue weighted by molar-refractivity contribution is 0.0893. The molecule has 118 valence electrons. The van der Waals surface area contributed by atoms with Gasteiger partial charge in [0.25, 0.3) is 11.8 Å². The van der Waals surface area contributed by atoms with E-state index in [9.17, 15) is 9.59 Å². The van der Waals surface area contributed by atoms with E-state index >= 15 is 0 Å². The van der Waals surface area contributed by atoms with Crippen LogP contribution in [0.25, 0.3) is 10.8 Å². The topological polar surface area (TPSA) is 46.6 Å². The number of carbonyl (C=O) groups excluding carboxylic acids is 2. The fourth-order valence-corrected chi connectivity index (χ4v) is 3.13. The van der Waals surface area contributed by atoms with E-state index < -0.39 is 0 Å². The molecular formula is C20H15NO3. The van der Waals surface area contributed by atoms with Crippen LogP contribution in [-0.4, -0.2) is 18.9 Å². The summed E-state index contributed by atoms with van der Waals surface area (Å²) in [6.07, 6.45) is 0. The van der Waals surface area contributed by atoms with E-state index in [4.69, 9.17) is 4.74 Å². The molecule has 1 aliphatic heterocycles. The smallest absolute Gasteiger partial charge is 0.266 e. The molecule has 0 unspecified atom stereocenters. The highest BCUT2D eigenvalue weighted by molar-refractivity contribution is 6.35. The van der Waals surface area contributed by atoms with Gasteiger partial charge in [0.15, 0.2) is 0 Å². The Kier molecular flexibility index (Phi) is 3.13. The summed E-state index contributed by atoms with van der Waals surface area (Å²) < 4.78 is 5.30. The highest BCUT2D eigenvalue weighted by Crippen LogP contribution is 2.35. The molecule has 0 fully saturated rings. The lowest BCUT2D eigenvalue weighted by Gasteiger charge is -2.27. The fourth-order valence-electron chi connectivity index (χ4n) is 3.13. The van der Waals surface area contributed by atoms with Gasteiger partial charge in [0.05, 0.1) is 18.4 Å². The number of benzene rings is 3. The molecule has 1 aliphatic rings. The first kappa shape index (κ1) is 14.5. The van der Waals surface area contributed by atoms with Crippen LogP contribution in [0.15, 0.2) is 54.6 Å². The van der Waals surface area contributed by atoms with Gasteiger partial charge >= 0.3 is 0 Å². The molecule has 0 spiro atoms. The second-order valence-corrected chi connectivity index (χ2v) is 5.86. The summed E-state index contributed by atoms with van der Waals surface area (Å²) in [7, 11) is 1.56. The monoisotopic (exact) mass is 317 g/mol. The van der Waals surface area contributed by atoms with Crippen LogP contribution < -0.4 is 9.64 Å². The van der Waals surface area contributed by atoms with Gasteiger partial charge in [-0.25, -0.2) is 4.90 Å². The normalized spacial score (nSPS) is 13.5. The van der Waals surface area contributed by atoms with Gasteiger partial charge in [-0.1, -0.05) is 29.8 Å². The van der Waals surface area contributed by atoms with Gasteiger partial charge < -0.3 is 4.74 Å². The van der Waals surface area contributed by atoms with Crippen molar-refractivity contribution in [3.05, 3.63) is 71.3 Å². The minimum absolute atomic E-state index is 0.299. The number of anilines is 1. The number of rotatable bonds is 2. The van der Waals surface area contributed by atoms with Gasteiger partial charge in [-0.05, 0) is 42.6 Å². The Hall–Kier alpha value is -3.14. The van der Waals surface area contributed by atoms with E-state index in [0.29, 0.717) is 28.0 Å². The van der Waals surface area contributed by atoms with Crippen molar-refractivity contribution in [2.24, 2.45) is 0 Å². The second kappa shape index (κ2) is 5.20. The first-order valence-corrected chi connectivity index (χ1v) is 7.66. The van der Waals surface area contributed by atoms with Crippen LogP contribution in [0.3, 0.4) is 0 Å². The van der Waals surface area contributed by atoms with Gasteiger partial charge in [0.1, 0.15) is 5.75 Å². The molecular weight excluding hydrogens is 302 g/mol. The first-order chi connectivity index (χ1) is 11.6. The first-order valence-electron chi connectivity index (χ1n) is 7.66. The summed E-state index contributed by atoms with van der Waals surface area (Å²) in [4.78, 5) is 27.2. The Morgan fingerprint density at radius 3 is 2.29 bits per heavy atom. The Labute approximate surface area is 139 Å². The Balaban J connectivity index is 1.98. The maximum Gasteiger partial charge on any atom is 0.266 e. The van der Waals surface area contributed by atoms with Gasteiger partial charge in [0, 0.05) is 10.9 Å². The maximum absolute atomic E-state index is 13.0. The zero-order valence-electron chi connectivity index (χ0n) is 13.4. The molecule has 0 N–H and O–H groups in total. The Morgan fingerprint density at radius 2 is 1.58 bits per heavy atom. The van der Waals surface area contributed by atoms with Gasteiger partial charge in [0.2, 0.25) is 0 Å². The third-order valence-corrected chi connectivity index (χ3v) is 4.35. The fraction of sp³-hybridized carbons (Fsp3) is 0.100. The lowest BCUT2D eigenvalue weighted by Crippen LogP contribution is -2.40. The van der Waals surface area contributed by atoms with Crippen LogP contribution >= 0.6 is 0 Å². The number of nitrogens with zero attached hydrogens (tertiary/aromatic N) is 1. The molecule has 4 nitrogen and oxygen atoms in total. The molecule has 4 heteroatoms. The van der Waals surface area contributed by atoms with E-state index in [1.54, 1.807) is 31.4 Å². The number of amides is 2. The van der Waals surface area contributed by atoms with Crippen molar-refractivity contribution in [1.82, 2.24) is 0 Å². The molecule has 1 heterocycles. The quantitative estimate of drug-likeness (QED) is 0.672. The van der Waals surface area contributed by atoms with Crippen molar-refractivity contribution >= 4 is 28.3 Å². The van der Waals surface area contributed by atoms with Crippen molar-refractivity contribution in [3.8, 4) is 5.75 Å². The van der Waals surface area contributed by atoms with E-state index in [1.165, 1.54) is 4.90 Å². The molecule has 0 aliphatic carbocycles. The number of hydrogen-bond donors (Lipinski definition) is 0. The largest absolute Gasteiger partial charge is 0.497 e. The number of methoxy groups -OCH3 is 1. The molecule has 24 heavy (non-hydrogen) atoms. The summed E-state index contributed by atoms with van der Waals surface area (Å²) >= 11 is 0. The van der Waals surface area contributed by atoms with Crippen molar-refractivity contribution in [2.45, 2.75) is 6.92 Å². The standard InChI is InChI=1S/C20H15NO3/c1-12-6-8-14(9-7-12)21-19(22)16-5-3-4-13-10-15(24-2)11-17(18(13)16)20(21)23/h3-11H,1-2H3. The van der Waals surface area contributed by atoms with E-state index in [2.05, 4.69) is 0 Å². The third kappa shape index (κ3) is 2.00. The maximum atomic E-state index is 13.0. The molecule has 0 saturated heterocycles. The highest BCUT2D eigenvalue weighted by atomic mass is 16.5. The summed E-state index contributed by atoms with van der Waals surface area (Å²) in [5.74, 6) is -0.0280. The average molecular weight is 317 g/mol. The van der Waals surface area contributed by atoms with Gasteiger partial charge in [-0.2, -0.15) is 0 Å². The minimum Gasteiger partial charge on any atom is -0.497 e. The summed E-state index contributed by atoms with van der Waals surface area (Å²) in [6.45, 7) is 1.96. The number of carbonyl (C=O) groups is 2. The molecule has 3 aromatic rings. The molecule has 0 radical (unpaired) electrons. The summed E-state index contributed by atoms with van der Waals surface area (Å²) in [6, 6.07) is 16.3. The van der Waals surface area contributed by atoms with Crippen LogP contribution in [0.2, 0.25) is 0 Å². The van der Waals surface area contributed by atoms with Crippen molar-refractivity contribution < 1.29 is 14.3 Å². The number of aryl methyl sites for hydroxylation is 1. The summed E-state index contributed by atoms with van der Waals surface area (Å²) in [5.41, 5.74) is 2.66. The van der Waals surface area contributed by atoms with Crippen LogP contribution in [0.4, 0.5) is 5.69 Å². The molecule has 2 amide bonds. The zero-order chi connectivity index (χ0) is 16.8. The second-order valence-electron chi connectivity index (χ2n) is 5.86. The van der Waals surface area contributed by atoms with Crippen LogP contribution in [0.1, 0.15) is 26.3 Å². The third-order valence-electron chi connectivity index (χ3n) is 4.35. The van der Waals surface area contributed by atoms with Crippen molar-refractivity contribution in [1.29, 1.82) is 0 Å². The van der Waals surface area contributed by atoms with Crippen LogP contribution in [-0.2, 0) is 0 Å². The van der Waals surface area contributed by atoms with Crippen LogP contribution in [0.5, 0.6) is 5.75 Å². The van der Waals surface area contributed by atoms with Crippen LogP contribution in [0, 0.1) is 6.92 Å². The SMILES string of the molecule is COc1cc2c3c(cccc3c1)C(=O)N(c1ccc(C)cc1)C2=O. The van der Waals surface area contributed by atoms with E-state index in [0.717, 1.165) is 10.9 Å². The minimum atomic E-state index is -0.327. The van der Waals surface area contributed by atoms with Crippen molar-refractivity contribution in [2.75, 3.05) is 12.0 Å². The molecule has 0 aromatic heterocycles. The average Bonchev–Trinajstić information content (AvgIpc) is 2.60. The predicted octanol–water partition coefficient (Wildman–Crippen LogP) is 3.96. The van der Waals surface area contributed by atoms with E-state index in [1.807, 2.05) is 37.3 Å². The lowest BCUT2D eigenvalue weighted by atomic mass is 9.93. The molecule has 3 aromatic carbocycles. The van der Waals surface area contributed by atoms with Crippen molar-refractivity contribution in [3.63, 3.8) is 0 Å². The number of imide groups is 1. The molecule has 0 bridgehead atoms. The summed E-state index contributed by atoms with van der Waals surface area (Å²) in [5, 5.41) is 1.52.